The number of nitrogens with zero attached hydrogens (tertiary/aromatic N) is 3. The number of piperazine rings is 1. The lowest BCUT2D eigenvalue weighted by Gasteiger charge is -2.43. The molecule has 0 aromatic carbocycles. The second kappa shape index (κ2) is 6.12. The lowest BCUT2D eigenvalue weighted by Crippen LogP contribution is -2.59. The second-order valence-electron chi connectivity index (χ2n) is 5.17. The third kappa shape index (κ3) is 3.11. The van der Waals surface area contributed by atoms with Crippen molar-refractivity contribution in [1.29, 1.82) is 0 Å². The maximum absolute atomic E-state index is 12.5. The summed E-state index contributed by atoms with van der Waals surface area (Å²) < 4.78 is 0. The molecule has 2 N–H and O–H groups in total. The number of likely N-dealkylation sites (N-methyl/N-ethyl adjacent to an activating group) is 1. The molecule has 104 valence electrons. The van der Waals surface area contributed by atoms with Crippen LogP contribution in [0.25, 0.3) is 0 Å². The summed E-state index contributed by atoms with van der Waals surface area (Å²) in [6.07, 6.45) is 2.47. The van der Waals surface area contributed by atoms with Crippen molar-refractivity contribution in [2.75, 3.05) is 20.1 Å². The van der Waals surface area contributed by atoms with Crippen molar-refractivity contribution < 1.29 is 4.79 Å². The zero-order chi connectivity index (χ0) is 13.8. The first-order chi connectivity index (χ1) is 9.13. The molecule has 5 heteroatoms. The normalized spacial score (nSPS) is 24.8. The highest BCUT2D eigenvalue weighted by Gasteiger charge is 2.36. The van der Waals surface area contributed by atoms with E-state index < -0.39 is 0 Å². The van der Waals surface area contributed by atoms with Gasteiger partial charge in [-0.25, -0.2) is 0 Å². The van der Waals surface area contributed by atoms with Gasteiger partial charge in [0.15, 0.2) is 0 Å². The van der Waals surface area contributed by atoms with Crippen LogP contribution in [0.3, 0.4) is 0 Å². The Balaban J connectivity index is 2.12. The number of carbonyl (C=O) groups is 1. The molecular formula is C14H22N4O. The van der Waals surface area contributed by atoms with Gasteiger partial charge in [0, 0.05) is 18.8 Å². The quantitative estimate of drug-likeness (QED) is 0.856. The van der Waals surface area contributed by atoms with Crippen LogP contribution < -0.4 is 5.73 Å². The Morgan fingerprint density at radius 2 is 2.26 bits per heavy atom. The maximum Gasteiger partial charge on any atom is 0.240 e. The van der Waals surface area contributed by atoms with E-state index in [9.17, 15) is 4.79 Å². The minimum Gasteiger partial charge on any atom is -0.331 e. The first kappa shape index (κ1) is 14.0. The molecule has 2 heterocycles. The van der Waals surface area contributed by atoms with Gasteiger partial charge in [-0.2, -0.15) is 0 Å². The van der Waals surface area contributed by atoms with Gasteiger partial charge in [0.05, 0.1) is 18.3 Å². The van der Waals surface area contributed by atoms with Gasteiger partial charge in [-0.15, -0.1) is 0 Å². The fourth-order valence-electron chi connectivity index (χ4n) is 2.64. The van der Waals surface area contributed by atoms with Crippen LogP contribution in [0, 0.1) is 0 Å². The molecule has 0 spiro atoms. The minimum atomic E-state index is -0.0927. The smallest absolute Gasteiger partial charge is 0.240 e. The summed E-state index contributed by atoms with van der Waals surface area (Å²) in [7, 11) is 1.99. The van der Waals surface area contributed by atoms with E-state index in [1.807, 2.05) is 30.1 Å². The summed E-state index contributed by atoms with van der Waals surface area (Å²) >= 11 is 0. The molecule has 1 fully saturated rings. The summed E-state index contributed by atoms with van der Waals surface area (Å²) in [5, 5.41) is 0. The molecule has 1 amide bonds. The average molecular weight is 262 g/mol. The van der Waals surface area contributed by atoms with Crippen LogP contribution in [0.1, 0.15) is 19.0 Å². The largest absolute Gasteiger partial charge is 0.331 e. The monoisotopic (exact) mass is 262 g/mol. The molecule has 1 aliphatic heterocycles. The van der Waals surface area contributed by atoms with Gasteiger partial charge >= 0.3 is 0 Å². The van der Waals surface area contributed by atoms with E-state index in [2.05, 4.69) is 16.8 Å². The van der Waals surface area contributed by atoms with Gasteiger partial charge in [0.1, 0.15) is 0 Å². The zero-order valence-corrected chi connectivity index (χ0v) is 11.6. The first-order valence-electron chi connectivity index (χ1n) is 6.74. The zero-order valence-electron chi connectivity index (χ0n) is 11.6. The third-order valence-corrected chi connectivity index (χ3v) is 3.68. The summed E-state index contributed by atoms with van der Waals surface area (Å²) in [5.41, 5.74) is 6.54. The number of amides is 1. The molecule has 1 aromatic rings. The molecule has 0 aliphatic carbocycles. The van der Waals surface area contributed by atoms with Crippen LogP contribution in [0.15, 0.2) is 24.4 Å². The Morgan fingerprint density at radius 1 is 1.47 bits per heavy atom. The van der Waals surface area contributed by atoms with E-state index in [1.54, 1.807) is 6.20 Å². The Kier molecular flexibility index (Phi) is 4.50. The van der Waals surface area contributed by atoms with Crippen molar-refractivity contribution in [3.8, 4) is 0 Å². The molecule has 2 atom stereocenters. The van der Waals surface area contributed by atoms with Crippen LogP contribution in [-0.2, 0) is 11.3 Å². The Labute approximate surface area is 114 Å². The van der Waals surface area contributed by atoms with Gasteiger partial charge < -0.3 is 10.6 Å². The fourth-order valence-corrected chi connectivity index (χ4v) is 2.64. The molecule has 1 aromatic heterocycles. The summed E-state index contributed by atoms with van der Waals surface area (Å²) in [6, 6.07) is 5.90. The van der Waals surface area contributed by atoms with Gasteiger partial charge in [-0.3, -0.25) is 14.7 Å². The van der Waals surface area contributed by atoms with Crippen molar-refractivity contribution in [2.24, 2.45) is 5.73 Å². The molecule has 5 nitrogen and oxygen atoms in total. The van der Waals surface area contributed by atoms with Crippen molar-refractivity contribution in [2.45, 2.75) is 32.0 Å². The topological polar surface area (TPSA) is 62.5 Å². The van der Waals surface area contributed by atoms with Gasteiger partial charge in [-0.1, -0.05) is 6.07 Å². The molecule has 1 saturated heterocycles. The minimum absolute atomic E-state index is 0.0927. The number of hydrogen-bond donors (Lipinski definition) is 1. The fraction of sp³-hybridized carbons (Fsp3) is 0.571. The first-order valence-corrected chi connectivity index (χ1v) is 6.74. The molecule has 0 radical (unpaired) electrons. The highest BCUT2D eigenvalue weighted by Crippen LogP contribution is 2.19. The van der Waals surface area contributed by atoms with E-state index in [4.69, 9.17) is 5.73 Å². The third-order valence-electron chi connectivity index (χ3n) is 3.68. The highest BCUT2D eigenvalue weighted by molar-refractivity contribution is 5.83. The number of rotatable bonds is 4. The standard InChI is InChI=1S/C14H22N4O/c1-11-9-17(2)13(6-7-15)14(19)18(11)10-12-5-3-4-8-16-12/h3-5,8,11,13H,6-7,9-10,15H2,1-2H3. The number of hydrogen-bond acceptors (Lipinski definition) is 4. The maximum atomic E-state index is 12.5. The summed E-state index contributed by atoms with van der Waals surface area (Å²) in [6.45, 7) is 4.07. The number of nitrogens with two attached hydrogens (primary N) is 1. The van der Waals surface area contributed by atoms with Gasteiger partial charge in [-0.05, 0) is 39.1 Å². The van der Waals surface area contributed by atoms with E-state index in [-0.39, 0.29) is 18.0 Å². The lowest BCUT2D eigenvalue weighted by molar-refractivity contribution is -0.145. The van der Waals surface area contributed by atoms with Crippen LogP contribution >= 0.6 is 0 Å². The Hall–Kier alpha value is -1.46. The second-order valence-corrected chi connectivity index (χ2v) is 5.17. The van der Waals surface area contributed by atoms with Crippen LogP contribution in [0.2, 0.25) is 0 Å². The van der Waals surface area contributed by atoms with E-state index in [1.165, 1.54) is 0 Å². The van der Waals surface area contributed by atoms with Crippen molar-refractivity contribution in [3.05, 3.63) is 30.1 Å². The van der Waals surface area contributed by atoms with Crippen LogP contribution in [0.4, 0.5) is 0 Å². The van der Waals surface area contributed by atoms with Crippen LogP contribution in [-0.4, -0.2) is 52.9 Å². The number of carbonyl (C=O) groups excluding carboxylic acids is 1. The summed E-state index contributed by atoms with van der Waals surface area (Å²) in [4.78, 5) is 20.9. The highest BCUT2D eigenvalue weighted by atomic mass is 16.2. The number of pyridine rings is 1. The SMILES string of the molecule is CC1CN(C)C(CCN)C(=O)N1Cc1ccccn1. The van der Waals surface area contributed by atoms with E-state index in [0.717, 1.165) is 12.2 Å². The van der Waals surface area contributed by atoms with Gasteiger partial charge in [0.2, 0.25) is 5.91 Å². The molecule has 1 aliphatic rings. The number of aromatic nitrogens is 1. The molecular weight excluding hydrogens is 240 g/mol. The molecule has 2 rings (SSSR count). The van der Waals surface area contributed by atoms with Crippen molar-refractivity contribution in [1.82, 2.24) is 14.8 Å². The van der Waals surface area contributed by atoms with Crippen LogP contribution in [0.5, 0.6) is 0 Å². The summed E-state index contributed by atoms with van der Waals surface area (Å²) in [5.74, 6) is 0.164. The van der Waals surface area contributed by atoms with E-state index >= 15 is 0 Å². The predicted molar refractivity (Wildman–Crippen MR) is 74.3 cm³/mol. The lowest BCUT2D eigenvalue weighted by atomic mass is 10.0. The van der Waals surface area contributed by atoms with Crippen molar-refractivity contribution >= 4 is 5.91 Å². The van der Waals surface area contributed by atoms with Crippen molar-refractivity contribution in [3.63, 3.8) is 0 Å². The Bertz CT molecular complexity index is 423. The Morgan fingerprint density at radius 3 is 2.89 bits per heavy atom. The van der Waals surface area contributed by atoms with Gasteiger partial charge in [0.25, 0.3) is 0 Å². The molecule has 0 saturated carbocycles. The molecule has 2 unspecified atom stereocenters. The molecule has 0 bridgehead atoms. The predicted octanol–water partition coefficient (Wildman–Crippen LogP) is 0.462. The molecule has 19 heavy (non-hydrogen) atoms. The van der Waals surface area contributed by atoms with E-state index in [0.29, 0.717) is 19.5 Å². The average Bonchev–Trinajstić information content (AvgIpc) is 2.41.